The number of nitrogens with one attached hydrogen (secondary N) is 1. The van der Waals surface area contributed by atoms with Crippen LogP contribution in [0.5, 0.6) is 0 Å². The van der Waals surface area contributed by atoms with E-state index < -0.39 is 5.23 Å². The van der Waals surface area contributed by atoms with Gasteiger partial charge in [0.25, 0.3) is 0 Å². The Labute approximate surface area is 87.2 Å². The fourth-order valence-corrected chi connectivity index (χ4v) is 1.47. The number of aromatic nitrogens is 1. The smallest absolute Gasteiger partial charge is 0.149 e. The fraction of sp³-hybridized carbons (Fsp3) is 0.444. The molecular weight excluding hydrogens is 198 g/mol. The number of anilines is 1. The second-order valence-corrected chi connectivity index (χ2v) is 3.46. The van der Waals surface area contributed by atoms with Crippen molar-refractivity contribution >= 4 is 11.5 Å². The summed E-state index contributed by atoms with van der Waals surface area (Å²) >= 11 is 0. The Kier molecular flexibility index (Phi) is 2.83. The van der Waals surface area contributed by atoms with Crippen LogP contribution >= 0.6 is 0 Å². The van der Waals surface area contributed by atoms with Crippen LogP contribution in [-0.4, -0.2) is 31.3 Å². The second-order valence-electron chi connectivity index (χ2n) is 3.46. The molecule has 15 heavy (non-hydrogen) atoms. The third kappa shape index (κ3) is 2.07. The van der Waals surface area contributed by atoms with E-state index in [0.29, 0.717) is 0 Å². The molecule has 0 aliphatic carbocycles. The van der Waals surface area contributed by atoms with Gasteiger partial charge in [0.2, 0.25) is 0 Å². The molecular formula is C9H12N3O3-. The summed E-state index contributed by atoms with van der Waals surface area (Å²) in [6.07, 6.45) is 1.57. The Balaban J connectivity index is 1.99. The van der Waals surface area contributed by atoms with Gasteiger partial charge in [-0.3, -0.25) is 0 Å². The molecule has 0 amide bonds. The highest BCUT2D eigenvalue weighted by atomic mass is 16.8. The molecule has 0 radical (unpaired) electrons. The first kappa shape index (κ1) is 10.3. The van der Waals surface area contributed by atoms with Crippen LogP contribution in [0.15, 0.2) is 18.3 Å². The standard InChI is InChI=1S/C9H12N3O3/c1-15-8-5-11(6-8)9-3-2-7(4-10-9)12(13)14/h2-4,8,12H,5-6H2,1H3/q-1. The number of nitrogens with zero attached hydrogens (tertiary/aromatic N) is 2. The molecule has 1 fully saturated rings. The van der Waals surface area contributed by atoms with E-state index in [2.05, 4.69) is 4.98 Å². The normalized spacial score (nSPS) is 16.9. The van der Waals surface area contributed by atoms with E-state index in [4.69, 9.17) is 4.74 Å². The van der Waals surface area contributed by atoms with Crippen molar-refractivity contribution in [3.8, 4) is 0 Å². The summed E-state index contributed by atoms with van der Waals surface area (Å²) in [5, 5.41) is 19.8. The number of methoxy groups -OCH3 is 1. The van der Waals surface area contributed by atoms with Gasteiger partial charge in [0.1, 0.15) is 11.5 Å². The lowest BCUT2D eigenvalue weighted by Crippen LogP contribution is -2.96. The Morgan fingerprint density at radius 1 is 1.47 bits per heavy atom. The van der Waals surface area contributed by atoms with Crippen molar-refractivity contribution in [2.24, 2.45) is 0 Å². The summed E-state index contributed by atoms with van der Waals surface area (Å²) < 4.78 is 5.13. The zero-order valence-corrected chi connectivity index (χ0v) is 8.34. The molecule has 2 rings (SSSR count). The van der Waals surface area contributed by atoms with Crippen molar-refractivity contribution in [3.63, 3.8) is 0 Å². The molecule has 1 aromatic rings. The maximum atomic E-state index is 10.5. The molecule has 6 nitrogen and oxygen atoms in total. The van der Waals surface area contributed by atoms with E-state index in [-0.39, 0.29) is 11.8 Å². The third-order valence-electron chi connectivity index (χ3n) is 2.49. The van der Waals surface area contributed by atoms with Crippen molar-refractivity contribution in [1.29, 1.82) is 0 Å². The SMILES string of the molecule is COC1CN(c2ccc([NH+]([O-])[O-])cn2)C1. The predicted octanol–water partition coefficient (Wildman–Crippen LogP) is -0.571. The average molecular weight is 210 g/mol. The van der Waals surface area contributed by atoms with Gasteiger partial charge in [0.05, 0.1) is 12.3 Å². The van der Waals surface area contributed by atoms with Crippen LogP contribution in [0.3, 0.4) is 0 Å². The van der Waals surface area contributed by atoms with Crippen molar-refractivity contribution in [1.82, 2.24) is 4.98 Å². The number of rotatable bonds is 3. The summed E-state index contributed by atoms with van der Waals surface area (Å²) in [4.78, 5) is 6.06. The summed E-state index contributed by atoms with van der Waals surface area (Å²) in [6.45, 7) is 1.60. The van der Waals surface area contributed by atoms with E-state index in [9.17, 15) is 10.4 Å². The minimum atomic E-state index is -1.20. The Morgan fingerprint density at radius 2 is 2.20 bits per heavy atom. The molecule has 0 atom stereocenters. The van der Waals surface area contributed by atoms with Gasteiger partial charge in [-0.25, -0.2) is 4.98 Å². The lowest BCUT2D eigenvalue weighted by Gasteiger charge is -2.39. The van der Waals surface area contributed by atoms with Crippen LogP contribution in [0, 0.1) is 10.4 Å². The van der Waals surface area contributed by atoms with Crippen molar-refractivity contribution < 1.29 is 9.96 Å². The lowest BCUT2D eigenvalue weighted by atomic mass is 10.1. The van der Waals surface area contributed by atoms with Gasteiger partial charge in [-0.05, 0) is 6.07 Å². The Bertz CT molecular complexity index is 322. The fourth-order valence-electron chi connectivity index (χ4n) is 1.47. The van der Waals surface area contributed by atoms with Crippen molar-refractivity contribution in [3.05, 3.63) is 28.7 Å². The third-order valence-corrected chi connectivity index (χ3v) is 2.49. The number of hydrogen-bond donors (Lipinski definition) is 1. The molecule has 6 heteroatoms. The van der Waals surface area contributed by atoms with E-state index in [0.717, 1.165) is 18.9 Å². The van der Waals surface area contributed by atoms with E-state index in [1.807, 2.05) is 4.90 Å². The van der Waals surface area contributed by atoms with Crippen LogP contribution in [0.25, 0.3) is 0 Å². The number of ether oxygens (including phenoxy) is 1. The minimum absolute atomic E-state index is 0.0996. The summed E-state index contributed by atoms with van der Waals surface area (Å²) in [5.74, 6) is 0.772. The quantitative estimate of drug-likeness (QED) is 0.676. The zero-order chi connectivity index (χ0) is 10.8. The highest BCUT2D eigenvalue weighted by Crippen LogP contribution is 2.19. The molecule has 0 saturated carbocycles. The molecule has 0 spiro atoms. The van der Waals surface area contributed by atoms with Crippen molar-refractivity contribution in [2.75, 3.05) is 25.1 Å². The maximum absolute atomic E-state index is 10.5. The predicted molar refractivity (Wildman–Crippen MR) is 54.6 cm³/mol. The first-order valence-electron chi connectivity index (χ1n) is 4.66. The van der Waals surface area contributed by atoms with Gasteiger partial charge in [-0.1, -0.05) is 0 Å². The monoisotopic (exact) mass is 210 g/mol. The molecule has 0 unspecified atom stereocenters. The first-order valence-corrected chi connectivity index (χ1v) is 4.66. The van der Waals surface area contributed by atoms with Crippen LogP contribution in [0.2, 0.25) is 0 Å². The van der Waals surface area contributed by atoms with Crippen LogP contribution < -0.4 is 10.1 Å². The van der Waals surface area contributed by atoms with Crippen LogP contribution in [-0.2, 0) is 4.74 Å². The minimum Gasteiger partial charge on any atom is -0.628 e. The Morgan fingerprint density at radius 3 is 2.67 bits per heavy atom. The molecule has 0 bridgehead atoms. The average Bonchev–Trinajstić information content (AvgIpc) is 2.17. The number of quaternary nitrogens is 1. The molecule has 0 aromatic carbocycles. The lowest BCUT2D eigenvalue weighted by molar-refractivity contribution is -0.715. The van der Waals surface area contributed by atoms with Gasteiger partial charge in [0, 0.05) is 26.3 Å². The highest BCUT2D eigenvalue weighted by molar-refractivity contribution is 5.45. The van der Waals surface area contributed by atoms with Crippen LogP contribution in [0.1, 0.15) is 0 Å². The summed E-state index contributed by atoms with van der Waals surface area (Å²) in [7, 11) is 1.68. The van der Waals surface area contributed by atoms with Crippen molar-refractivity contribution in [2.45, 2.75) is 6.10 Å². The number of pyridine rings is 1. The number of hydrogen-bond acceptors (Lipinski definition) is 5. The Hall–Kier alpha value is -1.21. The van der Waals surface area contributed by atoms with Gasteiger partial charge < -0.3 is 25.3 Å². The molecule has 1 aliphatic rings. The van der Waals surface area contributed by atoms with E-state index >= 15 is 0 Å². The maximum Gasteiger partial charge on any atom is 0.149 e. The van der Waals surface area contributed by atoms with Gasteiger partial charge in [-0.2, -0.15) is 0 Å². The van der Waals surface area contributed by atoms with Gasteiger partial charge >= 0.3 is 0 Å². The summed E-state index contributed by atoms with van der Waals surface area (Å²) in [5.41, 5.74) is 0.0996. The van der Waals surface area contributed by atoms with Gasteiger partial charge in [-0.15, -0.1) is 0 Å². The topological polar surface area (TPSA) is 75.9 Å². The molecule has 82 valence electrons. The van der Waals surface area contributed by atoms with E-state index in [1.165, 1.54) is 12.3 Å². The molecule has 1 N–H and O–H groups in total. The van der Waals surface area contributed by atoms with Crippen LogP contribution in [0.4, 0.5) is 11.5 Å². The van der Waals surface area contributed by atoms with Gasteiger partial charge in [0.15, 0.2) is 0 Å². The summed E-state index contributed by atoms with van der Waals surface area (Å²) in [6, 6.07) is 3.18. The highest BCUT2D eigenvalue weighted by Gasteiger charge is 2.27. The second kappa shape index (κ2) is 4.11. The molecule has 1 aromatic heterocycles. The molecule has 1 aliphatic heterocycles. The largest absolute Gasteiger partial charge is 0.628 e. The molecule has 1 saturated heterocycles. The zero-order valence-electron chi connectivity index (χ0n) is 8.34. The molecule has 2 heterocycles. The van der Waals surface area contributed by atoms with E-state index in [1.54, 1.807) is 13.2 Å². The first-order chi connectivity index (χ1) is 7.20.